The number of hydrogen-bond donors (Lipinski definition) is 3. The monoisotopic (exact) mass is 474 g/mol. The molecule has 0 amide bonds. The normalized spacial score (nSPS) is 18.3. The van der Waals surface area contributed by atoms with Gasteiger partial charge in [0.1, 0.15) is 5.56 Å². The molecule has 1 aliphatic carbocycles. The topological polar surface area (TPSA) is 105 Å². The number of fused-ring (bicyclic) bond motifs is 1. The minimum absolute atomic E-state index is 0.0257. The number of hydrogen-bond acceptors (Lipinski definition) is 6. The van der Waals surface area contributed by atoms with Crippen molar-refractivity contribution in [3.8, 4) is 23.3 Å². The summed E-state index contributed by atoms with van der Waals surface area (Å²) in [6.45, 7) is 1.53. The zero-order chi connectivity index (χ0) is 24.7. The summed E-state index contributed by atoms with van der Waals surface area (Å²) in [5, 5.41) is 19.4. The SMILES string of the molecule is Cn1c(N2CCC3(CC2)Cc2ccccc2[C@H]3N)ncc(C#CCc2ccc(F)c(O)c2O)c1=O. The molecule has 2 aliphatic rings. The van der Waals surface area contributed by atoms with Crippen molar-refractivity contribution in [2.24, 2.45) is 18.2 Å². The first-order valence-corrected chi connectivity index (χ1v) is 11.6. The van der Waals surface area contributed by atoms with E-state index in [-0.39, 0.29) is 34.6 Å². The van der Waals surface area contributed by atoms with E-state index in [0.29, 0.717) is 5.95 Å². The van der Waals surface area contributed by atoms with E-state index in [1.54, 1.807) is 7.05 Å². The Morgan fingerprint density at radius 2 is 1.91 bits per heavy atom. The smallest absolute Gasteiger partial charge is 0.270 e. The largest absolute Gasteiger partial charge is 0.504 e. The van der Waals surface area contributed by atoms with Gasteiger partial charge in [-0.05, 0) is 41.9 Å². The molecule has 0 bridgehead atoms. The molecule has 0 saturated carbocycles. The van der Waals surface area contributed by atoms with Crippen LogP contribution in [0.3, 0.4) is 0 Å². The summed E-state index contributed by atoms with van der Waals surface area (Å²) in [7, 11) is 1.68. The van der Waals surface area contributed by atoms with Gasteiger partial charge in [-0.2, -0.15) is 0 Å². The van der Waals surface area contributed by atoms with Crippen LogP contribution in [0.5, 0.6) is 11.5 Å². The lowest BCUT2D eigenvalue weighted by Crippen LogP contribution is -2.46. The maximum absolute atomic E-state index is 13.3. The molecule has 1 fully saturated rings. The van der Waals surface area contributed by atoms with E-state index in [1.165, 1.54) is 28.0 Å². The first kappa shape index (κ1) is 22.9. The average Bonchev–Trinajstić information content (AvgIpc) is 3.13. The number of phenols is 2. The number of nitrogens with zero attached hydrogens (tertiary/aromatic N) is 3. The highest BCUT2D eigenvalue weighted by Crippen LogP contribution is 2.50. The van der Waals surface area contributed by atoms with Crippen molar-refractivity contribution in [2.75, 3.05) is 18.0 Å². The molecule has 35 heavy (non-hydrogen) atoms. The molecule has 5 rings (SSSR count). The molecule has 3 aromatic rings. The predicted molar refractivity (Wildman–Crippen MR) is 131 cm³/mol. The van der Waals surface area contributed by atoms with E-state index in [9.17, 15) is 19.4 Å². The Kier molecular flexibility index (Phi) is 5.73. The lowest BCUT2D eigenvalue weighted by atomic mass is 9.73. The summed E-state index contributed by atoms with van der Waals surface area (Å²) in [5.74, 6) is 3.91. The van der Waals surface area contributed by atoms with Gasteiger partial charge in [-0.1, -0.05) is 42.2 Å². The van der Waals surface area contributed by atoms with Gasteiger partial charge in [0.2, 0.25) is 5.95 Å². The number of piperidine rings is 1. The fourth-order valence-corrected chi connectivity index (χ4v) is 5.35. The third-order valence-electron chi connectivity index (χ3n) is 7.47. The standard InChI is InChI=1S/C27H27FN4O3/c1-31-25(35)19(7-4-6-17-9-10-21(28)23(34)22(17)33)16-30-26(31)32-13-11-27(12-14-32)15-18-5-2-3-8-20(18)24(27)29/h2-3,5,8-10,16,24,33-34H,6,11-15,29H2,1H3/t24-/m1/s1. The summed E-state index contributed by atoms with van der Waals surface area (Å²) < 4.78 is 14.8. The molecule has 180 valence electrons. The Balaban J connectivity index is 1.30. The first-order valence-electron chi connectivity index (χ1n) is 11.6. The third-order valence-corrected chi connectivity index (χ3v) is 7.47. The van der Waals surface area contributed by atoms with Crippen LogP contribution >= 0.6 is 0 Å². The molecule has 1 spiro atoms. The molecule has 1 saturated heterocycles. The molecule has 1 atom stereocenters. The molecule has 2 heterocycles. The van der Waals surface area contributed by atoms with Crippen molar-refractivity contribution in [1.82, 2.24) is 9.55 Å². The van der Waals surface area contributed by atoms with E-state index in [0.717, 1.165) is 38.4 Å². The van der Waals surface area contributed by atoms with Gasteiger partial charge in [0, 0.05) is 38.2 Å². The van der Waals surface area contributed by atoms with Crippen molar-refractivity contribution < 1.29 is 14.6 Å². The van der Waals surface area contributed by atoms with Crippen LogP contribution < -0.4 is 16.2 Å². The molecule has 0 radical (unpaired) electrons. The van der Waals surface area contributed by atoms with Crippen LogP contribution in [-0.2, 0) is 19.9 Å². The summed E-state index contributed by atoms with van der Waals surface area (Å²) in [5.41, 5.74) is 9.54. The maximum Gasteiger partial charge on any atom is 0.270 e. The van der Waals surface area contributed by atoms with Crippen LogP contribution in [0.25, 0.3) is 0 Å². The highest BCUT2D eigenvalue weighted by molar-refractivity contribution is 5.48. The number of rotatable bonds is 2. The van der Waals surface area contributed by atoms with Crippen LogP contribution in [0.15, 0.2) is 47.4 Å². The van der Waals surface area contributed by atoms with E-state index in [4.69, 9.17) is 5.73 Å². The Labute approximate surface area is 202 Å². The minimum Gasteiger partial charge on any atom is -0.504 e. The van der Waals surface area contributed by atoms with Gasteiger partial charge in [0.25, 0.3) is 5.56 Å². The number of aromatic nitrogens is 2. The number of nitrogens with two attached hydrogens (primary N) is 1. The zero-order valence-corrected chi connectivity index (χ0v) is 19.5. The molecule has 2 aromatic carbocycles. The third kappa shape index (κ3) is 3.92. The zero-order valence-electron chi connectivity index (χ0n) is 19.5. The van der Waals surface area contributed by atoms with Crippen molar-refractivity contribution in [3.05, 3.63) is 81.0 Å². The average molecular weight is 475 g/mol. The lowest BCUT2D eigenvalue weighted by molar-refractivity contribution is 0.186. The van der Waals surface area contributed by atoms with Crippen molar-refractivity contribution in [2.45, 2.75) is 31.7 Å². The van der Waals surface area contributed by atoms with Crippen LogP contribution in [0.2, 0.25) is 0 Å². The Hall–Kier alpha value is -3.83. The molecule has 1 aliphatic heterocycles. The second-order valence-electron chi connectivity index (χ2n) is 9.42. The summed E-state index contributed by atoms with van der Waals surface area (Å²) in [6.07, 6.45) is 4.35. The highest BCUT2D eigenvalue weighted by atomic mass is 19.1. The maximum atomic E-state index is 13.3. The Bertz CT molecular complexity index is 1410. The Morgan fingerprint density at radius 3 is 2.66 bits per heavy atom. The molecular weight excluding hydrogens is 447 g/mol. The van der Waals surface area contributed by atoms with Crippen LogP contribution in [0, 0.1) is 23.1 Å². The number of aromatic hydroxyl groups is 2. The van der Waals surface area contributed by atoms with Gasteiger partial charge >= 0.3 is 0 Å². The predicted octanol–water partition coefficient (Wildman–Crippen LogP) is 2.77. The fraction of sp³-hybridized carbons (Fsp3) is 0.333. The van der Waals surface area contributed by atoms with Crippen molar-refractivity contribution in [3.63, 3.8) is 0 Å². The van der Waals surface area contributed by atoms with Gasteiger partial charge in [-0.3, -0.25) is 9.36 Å². The number of anilines is 1. The van der Waals surface area contributed by atoms with Gasteiger partial charge in [0.15, 0.2) is 17.3 Å². The highest BCUT2D eigenvalue weighted by Gasteiger charge is 2.46. The van der Waals surface area contributed by atoms with Crippen molar-refractivity contribution >= 4 is 5.95 Å². The van der Waals surface area contributed by atoms with Gasteiger partial charge in [-0.15, -0.1) is 0 Å². The molecule has 4 N–H and O–H groups in total. The number of halogens is 1. The Morgan fingerprint density at radius 1 is 1.17 bits per heavy atom. The molecule has 8 heteroatoms. The summed E-state index contributed by atoms with van der Waals surface area (Å²) >= 11 is 0. The van der Waals surface area contributed by atoms with E-state index in [2.05, 4.69) is 39.9 Å². The van der Waals surface area contributed by atoms with E-state index < -0.39 is 17.3 Å². The fourth-order valence-electron chi connectivity index (χ4n) is 5.35. The number of benzene rings is 2. The summed E-state index contributed by atoms with van der Waals surface area (Å²) in [4.78, 5) is 19.6. The second kappa shape index (κ2) is 8.75. The van der Waals surface area contributed by atoms with Gasteiger partial charge in [-0.25, -0.2) is 9.37 Å². The molecule has 7 nitrogen and oxygen atoms in total. The van der Waals surface area contributed by atoms with E-state index in [1.807, 2.05) is 6.07 Å². The lowest BCUT2D eigenvalue weighted by Gasteiger charge is -2.42. The number of phenolic OH excluding ortho intramolecular Hbond substituents is 2. The summed E-state index contributed by atoms with van der Waals surface area (Å²) in [6, 6.07) is 10.8. The molecule has 0 unspecified atom stereocenters. The molecular formula is C27H27FN4O3. The van der Waals surface area contributed by atoms with Crippen molar-refractivity contribution in [1.29, 1.82) is 0 Å². The van der Waals surface area contributed by atoms with E-state index >= 15 is 0 Å². The van der Waals surface area contributed by atoms with Gasteiger partial charge in [0.05, 0.1) is 6.20 Å². The van der Waals surface area contributed by atoms with Crippen LogP contribution in [-0.4, -0.2) is 32.9 Å². The minimum atomic E-state index is -0.907. The van der Waals surface area contributed by atoms with Gasteiger partial charge < -0.3 is 20.8 Å². The van der Waals surface area contributed by atoms with Crippen LogP contribution in [0.1, 0.15) is 41.1 Å². The second-order valence-corrected chi connectivity index (χ2v) is 9.42. The first-order chi connectivity index (χ1) is 16.8. The quantitative estimate of drug-likeness (QED) is 0.390. The molecule has 1 aromatic heterocycles. The van der Waals surface area contributed by atoms with Crippen LogP contribution in [0.4, 0.5) is 10.3 Å².